The number of carboxylic acid groups (broad SMARTS) is 1. The van der Waals surface area contributed by atoms with Crippen LogP contribution in [-0.2, 0) is 11.4 Å². The summed E-state index contributed by atoms with van der Waals surface area (Å²) >= 11 is 6.08. The van der Waals surface area contributed by atoms with E-state index in [1.54, 1.807) is 31.3 Å². The third kappa shape index (κ3) is 4.39. The quantitative estimate of drug-likeness (QED) is 0.519. The van der Waals surface area contributed by atoms with Gasteiger partial charge in [-0.05, 0) is 71.7 Å². The fourth-order valence-electron chi connectivity index (χ4n) is 3.86. The molecule has 1 aliphatic heterocycles. The van der Waals surface area contributed by atoms with Crippen molar-refractivity contribution in [3.63, 3.8) is 0 Å². The molecular weight excluding hydrogens is 426 g/mol. The normalized spacial score (nSPS) is 14.0. The smallest absolute Gasteiger partial charge is 0.307 e. The van der Waals surface area contributed by atoms with Crippen LogP contribution in [0, 0.1) is 6.92 Å². The van der Waals surface area contributed by atoms with Crippen LogP contribution in [0.4, 0.5) is 0 Å². The predicted octanol–water partition coefficient (Wildman–Crippen LogP) is 5.80. The van der Waals surface area contributed by atoms with E-state index in [4.69, 9.17) is 21.4 Å². The molecule has 0 atom stereocenters. The summed E-state index contributed by atoms with van der Waals surface area (Å²) in [5, 5.41) is 9.65. The second-order valence-corrected chi connectivity index (χ2v) is 8.14. The second-order valence-electron chi connectivity index (χ2n) is 7.71. The molecule has 0 fully saturated rings. The van der Waals surface area contributed by atoms with E-state index in [-0.39, 0.29) is 12.3 Å². The predicted molar refractivity (Wildman–Crippen MR) is 125 cm³/mol. The van der Waals surface area contributed by atoms with Crippen molar-refractivity contribution in [2.75, 3.05) is 7.05 Å². The first-order chi connectivity index (χ1) is 15.3. The molecule has 3 aromatic rings. The van der Waals surface area contributed by atoms with Crippen molar-refractivity contribution in [2.24, 2.45) is 0 Å². The summed E-state index contributed by atoms with van der Waals surface area (Å²) in [6.45, 7) is 2.38. The van der Waals surface area contributed by atoms with Crippen LogP contribution in [0.25, 0.3) is 16.8 Å². The molecule has 0 aliphatic carbocycles. The van der Waals surface area contributed by atoms with Gasteiger partial charge in [0.05, 0.1) is 12.0 Å². The Labute approximate surface area is 191 Å². The molecular formula is C26H22ClNO4. The first-order valence-corrected chi connectivity index (χ1v) is 10.5. The van der Waals surface area contributed by atoms with Gasteiger partial charge in [0.25, 0.3) is 5.91 Å². The van der Waals surface area contributed by atoms with E-state index in [9.17, 15) is 9.59 Å². The van der Waals surface area contributed by atoms with E-state index in [0.29, 0.717) is 34.2 Å². The number of hydrogen-bond donors (Lipinski definition) is 1. The van der Waals surface area contributed by atoms with E-state index in [0.717, 1.165) is 22.3 Å². The van der Waals surface area contributed by atoms with Gasteiger partial charge in [-0.15, -0.1) is 0 Å². The Balaban J connectivity index is 1.53. The summed E-state index contributed by atoms with van der Waals surface area (Å²) in [4.78, 5) is 25.0. The van der Waals surface area contributed by atoms with Gasteiger partial charge in [0, 0.05) is 23.3 Å². The molecule has 0 bridgehead atoms. The maximum absolute atomic E-state index is 12.6. The van der Waals surface area contributed by atoms with Gasteiger partial charge in [-0.3, -0.25) is 9.59 Å². The Hall–Kier alpha value is -3.57. The van der Waals surface area contributed by atoms with E-state index < -0.39 is 5.97 Å². The Morgan fingerprint density at radius 1 is 1.06 bits per heavy atom. The van der Waals surface area contributed by atoms with E-state index in [1.165, 1.54) is 4.90 Å². The number of ether oxygens (including phenoxy) is 1. The fourth-order valence-corrected chi connectivity index (χ4v) is 4.09. The van der Waals surface area contributed by atoms with Gasteiger partial charge in [0.15, 0.2) is 0 Å². The zero-order valence-corrected chi connectivity index (χ0v) is 18.5. The molecule has 162 valence electrons. The summed E-state index contributed by atoms with van der Waals surface area (Å²) in [5.41, 5.74) is 6.12. The summed E-state index contributed by atoms with van der Waals surface area (Å²) in [6.07, 6.45) is 1.41. The van der Waals surface area contributed by atoms with Crippen LogP contribution in [0.5, 0.6) is 5.75 Å². The van der Waals surface area contributed by atoms with E-state index >= 15 is 0 Å². The van der Waals surface area contributed by atoms with Gasteiger partial charge in [-0.2, -0.15) is 0 Å². The molecule has 32 heavy (non-hydrogen) atoms. The Bertz CT molecular complexity index is 1250. The highest BCUT2D eigenvalue weighted by Gasteiger charge is 2.29. The molecule has 6 heteroatoms. The first kappa shape index (κ1) is 21.7. The number of carboxylic acids is 1. The van der Waals surface area contributed by atoms with Crippen LogP contribution in [-0.4, -0.2) is 28.9 Å². The number of fused-ring (bicyclic) bond motifs is 1. The van der Waals surface area contributed by atoms with Gasteiger partial charge < -0.3 is 14.7 Å². The number of amides is 1. The summed E-state index contributed by atoms with van der Waals surface area (Å²) < 4.78 is 5.97. The number of carbonyl (C=O) groups excluding carboxylic acids is 1. The van der Waals surface area contributed by atoms with Gasteiger partial charge in [-0.25, -0.2) is 0 Å². The SMILES string of the molecule is Cc1cc(Cl)ccc1-c1cccc(COc2ccc3c(c2)C(=O)N(C)/C3=C/CC(=O)O)c1. The summed E-state index contributed by atoms with van der Waals surface area (Å²) in [6, 6.07) is 19.3. The lowest BCUT2D eigenvalue weighted by atomic mass is 9.99. The van der Waals surface area contributed by atoms with Gasteiger partial charge >= 0.3 is 5.97 Å². The van der Waals surface area contributed by atoms with Crippen molar-refractivity contribution in [3.8, 4) is 16.9 Å². The molecule has 0 saturated heterocycles. The minimum atomic E-state index is -0.942. The second kappa shape index (κ2) is 8.89. The topological polar surface area (TPSA) is 66.8 Å². The van der Waals surface area contributed by atoms with Crippen LogP contribution in [0.3, 0.4) is 0 Å². The van der Waals surface area contributed by atoms with Crippen molar-refractivity contribution in [1.82, 2.24) is 4.90 Å². The maximum atomic E-state index is 12.6. The lowest BCUT2D eigenvalue weighted by Gasteiger charge is -2.11. The number of nitrogens with zero attached hydrogens (tertiary/aromatic N) is 1. The third-order valence-corrected chi connectivity index (χ3v) is 5.70. The summed E-state index contributed by atoms with van der Waals surface area (Å²) in [5.74, 6) is -0.539. The van der Waals surface area contributed by atoms with Crippen molar-refractivity contribution in [1.29, 1.82) is 0 Å². The molecule has 1 aliphatic rings. The highest BCUT2D eigenvalue weighted by molar-refractivity contribution is 6.30. The molecule has 0 aromatic heterocycles. The first-order valence-electron chi connectivity index (χ1n) is 10.2. The molecule has 4 rings (SSSR count). The largest absolute Gasteiger partial charge is 0.489 e. The number of aryl methyl sites for hydroxylation is 1. The van der Waals surface area contributed by atoms with Crippen LogP contribution in [0.1, 0.15) is 33.5 Å². The van der Waals surface area contributed by atoms with Crippen LogP contribution in [0.15, 0.2) is 66.7 Å². The standard InChI is InChI=1S/C26H22ClNO4/c1-16-12-19(27)6-8-21(16)18-5-3-4-17(13-18)15-32-20-7-9-22-23(14-20)26(31)28(2)24(22)10-11-25(29)30/h3-10,12-14H,11,15H2,1-2H3,(H,29,30)/b24-10+. The summed E-state index contributed by atoms with van der Waals surface area (Å²) in [7, 11) is 1.64. The zero-order chi connectivity index (χ0) is 22.8. The number of halogens is 1. The zero-order valence-electron chi connectivity index (χ0n) is 17.8. The third-order valence-electron chi connectivity index (χ3n) is 5.47. The number of benzene rings is 3. The highest BCUT2D eigenvalue weighted by atomic mass is 35.5. The molecule has 5 nitrogen and oxygen atoms in total. The van der Waals surface area contributed by atoms with E-state index in [1.807, 2.05) is 37.3 Å². The van der Waals surface area contributed by atoms with Crippen molar-refractivity contribution in [2.45, 2.75) is 20.0 Å². The van der Waals surface area contributed by atoms with Crippen molar-refractivity contribution >= 4 is 29.2 Å². The van der Waals surface area contributed by atoms with Gasteiger partial charge in [0.2, 0.25) is 0 Å². The molecule has 0 radical (unpaired) electrons. The molecule has 3 aromatic carbocycles. The van der Waals surface area contributed by atoms with E-state index in [2.05, 4.69) is 12.1 Å². The molecule has 0 unspecified atom stereocenters. The molecule has 1 amide bonds. The molecule has 0 spiro atoms. The Morgan fingerprint density at radius 3 is 2.59 bits per heavy atom. The lowest BCUT2D eigenvalue weighted by molar-refractivity contribution is -0.136. The maximum Gasteiger partial charge on any atom is 0.307 e. The minimum Gasteiger partial charge on any atom is -0.489 e. The minimum absolute atomic E-state index is 0.145. The van der Waals surface area contributed by atoms with Gasteiger partial charge in [0.1, 0.15) is 12.4 Å². The average Bonchev–Trinajstić information content (AvgIpc) is 3.00. The van der Waals surface area contributed by atoms with Crippen molar-refractivity contribution < 1.29 is 19.4 Å². The number of rotatable bonds is 6. The molecule has 0 saturated carbocycles. The molecule has 1 heterocycles. The Kier molecular flexibility index (Phi) is 6.01. The number of aliphatic carboxylic acids is 1. The van der Waals surface area contributed by atoms with Crippen LogP contribution in [0.2, 0.25) is 5.02 Å². The number of carbonyl (C=O) groups is 2. The van der Waals surface area contributed by atoms with Gasteiger partial charge in [-0.1, -0.05) is 35.9 Å². The monoisotopic (exact) mass is 447 g/mol. The van der Waals surface area contributed by atoms with Crippen molar-refractivity contribution in [3.05, 3.63) is 94.0 Å². The molecule has 1 N–H and O–H groups in total. The van der Waals surface area contributed by atoms with Crippen LogP contribution >= 0.6 is 11.6 Å². The lowest BCUT2D eigenvalue weighted by Crippen LogP contribution is -2.17. The van der Waals surface area contributed by atoms with Crippen LogP contribution < -0.4 is 4.74 Å². The highest BCUT2D eigenvalue weighted by Crippen LogP contribution is 2.34. The fraction of sp³-hybridized carbons (Fsp3) is 0.154. The number of hydrogen-bond acceptors (Lipinski definition) is 3. The Morgan fingerprint density at radius 2 is 1.84 bits per heavy atom. The average molecular weight is 448 g/mol.